The highest BCUT2D eigenvalue weighted by Gasteiger charge is 2.14. The summed E-state index contributed by atoms with van der Waals surface area (Å²) in [5, 5.41) is 11.4. The Kier molecular flexibility index (Phi) is 4.55. The number of halogens is 2. The van der Waals surface area contributed by atoms with E-state index in [1.807, 2.05) is 10.9 Å². The molecule has 0 aliphatic heterocycles. The molecule has 0 radical (unpaired) electrons. The van der Waals surface area contributed by atoms with E-state index in [9.17, 15) is 4.39 Å². The van der Waals surface area contributed by atoms with E-state index in [1.54, 1.807) is 12.1 Å². The first-order chi connectivity index (χ1) is 9.36. The number of nitrogens with one attached hydrogen (secondary N) is 1. The molecule has 4 nitrogen and oxygen atoms in total. The van der Waals surface area contributed by atoms with Crippen molar-refractivity contribution < 1.29 is 4.39 Å². The lowest BCUT2D eigenvalue weighted by molar-refractivity contribution is 0.347. The van der Waals surface area contributed by atoms with Crippen LogP contribution in [0.15, 0.2) is 28.9 Å². The molecule has 0 spiro atoms. The lowest BCUT2D eigenvalue weighted by Gasteiger charge is -2.17. The standard InChI is InChI=1S/C14H18BrFN4/c1-14(2,3)20-9-12(18-19-20)8-17-7-10-6-11(15)4-5-13(10)16/h4-6,9,17H,7-8H2,1-3H3. The highest BCUT2D eigenvalue weighted by Crippen LogP contribution is 2.15. The lowest BCUT2D eigenvalue weighted by Crippen LogP contribution is -2.22. The largest absolute Gasteiger partial charge is 0.307 e. The molecule has 108 valence electrons. The number of hydrogen-bond acceptors (Lipinski definition) is 3. The van der Waals surface area contributed by atoms with E-state index < -0.39 is 0 Å². The van der Waals surface area contributed by atoms with Gasteiger partial charge in [0.1, 0.15) is 5.82 Å². The summed E-state index contributed by atoms with van der Waals surface area (Å²) >= 11 is 3.34. The van der Waals surface area contributed by atoms with Crippen LogP contribution in [0.4, 0.5) is 4.39 Å². The van der Waals surface area contributed by atoms with Gasteiger partial charge in [0.25, 0.3) is 0 Å². The normalized spacial score (nSPS) is 11.8. The molecule has 1 N–H and O–H groups in total. The summed E-state index contributed by atoms with van der Waals surface area (Å²) in [6, 6.07) is 4.92. The first-order valence-corrected chi connectivity index (χ1v) is 7.22. The number of aromatic nitrogens is 3. The summed E-state index contributed by atoms with van der Waals surface area (Å²) in [7, 11) is 0. The summed E-state index contributed by atoms with van der Waals surface area (Å²) in [5.74, 6) is -0.209. The van der Waals surface area contributed by atoms with Gasteiger partial charge >= 0.3 is 0 Å². The number of rotatable bonds is 4. The molecule has 2 aromatic rings. The summed E-state index contributed by atoms with van der Waals surface area (Å²) in [6.45, 7) is 7.21. The maximum absolute atomic E-state index is 13.6. The maximum Gasteiger partial charge on any atom is 0.127 e. The van der Waals surface area contributed by atoms with E-state index >= 15 is 0 Å². The summed E-state index contributed by atoms with van der Waals surface area (Å²) < 4.78 is 16.3. The molecule has 6 heteroatoms. The fraction of sp³-hybridized carbons (Fsp3) is 0.429. The van der Waals surface area contributed by atoms with Crippen molar-refractivity contribution in [3.8, 4) is 0 Å². The SMILES string of the molecule is CC(C)(C)n1cc(CNCc2cc(Br)ccc2F)nn1. The quantitative estimate of drug-likeness (QED) is 0.929. The number of nitrogens with zero attached hydrogens (tertiary/aromatic N) is 3. The van der Waals surface area contributed by atoms with Crippen molar-refractivity contribution in [2.75, 3.05) is 0 Å². The molecule has 1 heterocycles. The zero-order valence-electron chi connectivity index (χ0n) is 11.8. The van der Waals surface area contributed by atoms with Crippen molar-refractivity contribution in [1.29, 1.82) is 0 Å². The summed E-state index contributed by atoms with van der Waals surface area (Å²) in [4.78, 5) is 0. The van der Waals surface area contributed by atoms with E-state index in [0.29, 0.717) is 18.7 Å². The van der Waals surface area contributed by atoms with Crippen LogP contribution in [0.1, 0.15) is 32.0 Å². The molecule has 0 aliphatic carbocycles. The van der Waals surface area contributed by atoms with Crippen LogP contribution < -0.4 is 5.32 Å². The van der Waals surface area contributed by atoms with Gasteiger partial charge in [0.2, 0.25) is 0 Å². The molecule has 0 fully saturated rings. The molecule has 2 rings (SSSR count). The molecule has 0 saturated carbocycles. The highest BCUT2D eigenvalue weighted by atomic mass is 79.9. The Hall–Kier alpha value is -1.27. The molecule has 0 bridgehead atoms. The maximum atomic E-state index is 13.6. The molecule has 0 amide bonds. The monoisotopic (exact) mass is 340 g/mol. The second kappa shape index (κ2) is 6.01. The first-order valence-electron chi connectivity index (χ1n) is 6.42. The van der Waals surface area contributed by atoms with Crippen LogP contribution in [-0.2, 0) is 18.6 Å². The predicted octanol–water partition coefficient (Wildman–Crippen LogP) is 3.22. The summed E-state index contributed by atoms with van der Waals surface area (Å²) in [5.41, 5.74) is 1.39. The smallest absolute Gasteiger partial charge is 0.127 e. The molecule has 1 aromatic carbocycles. The van der Waals surface area contributed by atoms with Gasteiger partial charge in [-0.2, -0.15) is 0 Å². The van der Waals surface area contributed by atoms with E-state index in [1.165, 1.54) is 6.07 Å². The van der Waals surface area contributed by atoms with Crippen LogP contribution >= 0.6 is 15.9 Å². The van der Waals surface area contributed by atoms with Crippen LogP contribution in [0.3, 0.4) is 0 Å². The van der Waals surface area contributed by atoms with E-state index in [2.05, 4.69) is 52.3 Å². The van der Waals surface area contributed by atoms with E-state index in [-0.39, 0.29) is 11.4 Å². The molecule has 0 atom stereocenters. The molecule has 0 unspecified atom stereocenters. The average molecular weight is 341 g/mol. The van der Waals surface area contributed by atoms with Crippen LogP contribution in [0, 0.1) is 5.82 Å². The Balaban J connectivity index is 1.93. The Morgan fingerprint density at radius 2 is 2.05 bits per heavy atom. The van der Waals surface area contributed by atoms with Gasteiger partial charge < -0.3 is 5.32 Å². The lowest BCUT2D eigenvalue weighted by atomic mass is 10.1. The van der Waals surface area contributed by atoms with Gasteiger partial charge in [0.15, 0.2) is 0 Å². The molecular formula is C14H18BrFN4. The van der Waals surface area contributed by atoms with E-state index in [4.69, 9.17) is 0 Å². The topological polar surface area (TPSA) is 42.7 Å². The minimum atomic E-state index is -0.209. The fourth-order valence-electron chi connectivity index (χ4n) is 1.71. The third-order valence-corrected chi connectivity index (χ3v) is 3.35. The third-order valence-electron chi connectivity index (χ3n) is 2.86. The van der Waals surface area contributed by atoms with Crippen molar-refractivity contribution >= 4 is 15.9 Å². The minimum absolute atomic E-state index is 0.0817. The van der Waals surface area contributed by atoms with Gasteiger partial charge in [0.05, 0.1) is 17.4 Å². The Bertz CT molecular complexity index is 589. The Morgan fingerprint density at radius 1 is 1.30 bits per heavy atom. The van der Waals surface area contributed by atoms with Crippen molar-refractivity contribution in [2.45, 2.75) is 39.4 Å². The number of hydrogen-bond donors (Lipinski definition) is 1. The predicted molar refractivity (Wildman–Crippen MR) is 79.7 cm³/mol. The van der Waals surface area contributed by atoms with Crippen molar-refractivity contribution in [3.05, 3.63) is 45.9 Å². The van der Waals surface area contributed by atoms with Gasteiger partial charge in [-0.15, -0.1) is 5.10 Å². The Labute approximate surface area is 126 Å². The van der Waals surface area contributed by atoms with Gasteiger partial charge in [-0.25, -0.2) is 9.07 Å². The van der Waals surface area contributed by atoms with Gasteiger partial charge in [-0.05, 0) is 39.0 Å². The van der Waals surface area contributed by atoms with Crippen molar-refractivity contribution in [2.24, 2.45) is 0 Å². The first kappa shape index (κ1) is 15.1. The molecule has 0 aliphatic rings. The zero-order valence-corrected chi connectivity index (χ0v) is 13.4. The minimum Gasteiger partial charge on any atom is -0.307 e. The molecule has 0 saturated heterocycles. The zero-order chi connectivity index (χ0) is 14.8. The van der Waals surface area contributed by atoms with E-state index in [0.717, 1.165) is 10.2 Å². The second-order valence-electron chi connectivity index (χ2n) is 5.66. The highest BCUT2D eigenvalue weighted by molar-refractivity contribution is 9.10. The Morgan fingerprint density at radius 3 is 2.70 bits per heavy atom. The van der Waals surface area contributed by atoms with Crippen LogP contribution in [0.5, 0.6) is 0 Å². The van der Waals surface area contributed by atoms with Gasteiger partial charge in [-0.3, -0.25) is 0 Å². The fourth-order valence-corrected chi connectivity index (χ4v) is 2.12. The van der Waals surface area contributed by atoms with Crippen LogP contribution in [0.2, 0.25) is 0 Å². The molecule has 1 aromatic heterocycles. The van der Waals surface area contributed by atoms with Crippen molar-refractivity contribution in [1.82, 2.24) is 20.3 Å². The van der Waals surface area contributed by atoms with Crippen LogP contribution in [-0.4, -0.2) is 15.0 Å². The average Bonchev–Trinajstić information content (AvgIpc) is 2.82. The summed E-state index contributed by atoms with van der Waals surface area (Å²) in [6.07, 6.45) is 1.91. The van der Waals surface area contributed by atoms with Gasteiger partial charge in [-0.1, -0.05) is 21.1 Å². The second-order valence-corrected chi connectivity index (χ2v) is 6.58. The van der Waals surface area contributed by atoms with Crippen LogP contribution in [0.25, 0.3) is 0 Å². The number of benzene rings is 1. The van der Waals surface area contributed by atoms with Gasteiger partial charge in [0, 0.05) is 23.1 Å². The van der Waals surface area contributed by atoms with Crippen molar-refractivity contribution in [3.63, 3.8) is 0 Å². The third kappa shape index (κ3) is 3.86. The molecule has 20 heavy (non-hydrogen) atoms. The molecular weight excluding hydrogens is 323 g/mol.